The standard InChI is InChI=1S/C18H19NO8S/c1-3-25-14-5-7-15(8-6-14)26-10-11-27-18(20)13-4-9-17(28(2,23)24)16(12-13)19(21)22/h4-9,12H,3,10-11H2,1-2H3. The number of carbonyl (C=O) groups excluding carboxylic acids is 1. The summed E-state index contributed by atoms with van der Waals surface area (Å²) in [6.07, 6.45) is 0.853. The SMILES string of the molecule is CCOc1ccc(OCCOC(=O)c2ccc(S(C)(=O)=O)c([N+](=O)[O-])c2)cc1. The van der Waals surface area contributed by atoms with Crippen molar-refractivity contribution in [3.05, 3.63) is 58.1 Å². The van der Waals surface area contributed by atoms with E-state index in [0.717, 1.165) is 18.4 Å². The smallest absolute Gasteiger partial charge is 0.338 e. The second-order valence-electron chi connectivity index (χ2n) is 5.60. The Hall–Kier alpha value is -3.14. The number of nitro benzene ring substituents is 1. The minimum atomic E-state index is -3.80. The maximum atomic E-state index is 12.0. The quantitative estimate of drug-likeness (QED) is 0.268. The number of hydrogen-bond donors (Lipinski definition) is 0. The number of nitro groups is 1. The molecule has 150 valence electrons. The molecule has 9 nitrogen and oxygen atoms in total. The second kappa shape index (κ2) is 9.18. The van der Waals surface area contributed by atoms with Crippen LogP contribution in [0.3, 0.4) is 0 Å². The highest BCUT2D eigenvalue weighted by Gasteiger charge is 2.24. The number of benzene rings is 2. The van der Waals surface area contributed by atoms with E-state index >= 15 is 0 Å². The molecule has 0 fully saturated rings. The van der Waals surface area contributed by atoms with Crippen LogP contribution in [0, 0.1) is 10.1 Å². The largest absolute Gasteiger partial charge is 0.494 e. The Morgan fingerprint density at radius 2 is 1.64 bits per heavy atom. The molecule has 0 bridgehead atoms. The third-order valence-electron chi connectivity index (χ3n) is 3.51. The van der Waals surface area contributed by atoms with Crippen molar-refractivity contribution in [2.24, 2.45) is 0 Å². The van der Waals surface area contributed by atoms with Crippen molar-refractivity contribution in [2.75, 3.05) is 26.1 Å². The van der Waals surface area contributed by atoms with Crippen LogP contribution in [-0.4, -0.2) is 45.4 Å². The zero-order valence-corrected chi connectivity index (χ0v) is 16.1. The maximum Gasteiger partial charge on any atom is 0.338 e. The van der Waals surface area contributed by atoms with Gasteiger partial charge in [0.05, 0.1) is 17.1 Å². The van der Waals surface area contributed by atoms with Crippen LogP contribution in [0.5, 0.6) is 11.5 Å². The Morgan fingerprint density at radius 3 is 2.18 bits per heavy atom. The fourth-order valence-electron chi connectivity index (χ4n) is 2.28. The van der Waals surface area contributed by atoms with Gasteiger partial charge in [-0.2, -0.15) is 0 Å². The Kier molecular flexibility index (Phi) is 6.94. The number of carbonyl (C=O) groups is 1. The van der Waals surface area contributed by atoms with E-state index < -0.39 is 31.3 Å². The number of esters is 1. The third kappa shape index (κ3) is 5.68. The average Bonchev–Trinajstić information content (AvgIpc) is 2.65. The summed E-state index contributed by atoms with van der Waals surface area (Å²) in [6.45, 7) is 2.42. The van der Waals surface area contributed by atoms with Gasteiger partial charge in [0, 0.05) is 12.3 Å². The molecule has 10 heteroatoms. The zero-order valence-electron chi connectivity index (χ0n) is 15.3. The van der Waals surface area contributed by atoms with Crippen molar-refractivity contribution in [3.63, 3.8) is 0 Å². The van der Waals surface area contributed by atoms with E-state index in [1.165, 1.54) is 6.07 Å². The molecule has 2 aromatic rings. The summed E-state index contributed by atoms with van der Waals surface area (Å²) in [4.78, 5) is 21.8. The molecule has 2 rings (SSSR count). The molecule has 0 aliphatic carbocycles. The van der Waals surface area contributed by atoms with Gasteiger partial charge in [-0.05, 0) is 43.3 Å². The summed E-state index contributed by atoms with van der Waals surface area (Å²) in [7, 11) is -3.80. The van der Waals surface area contributed by atoms with Gasteiger partial charge in [-0.3, -0.25) is 10.1 Å². The van der Waals surface area contributed by atoms with Gasteiger partial charge in [-0.1, -0.05) is 0 Å². The van der Waals surface area contributed by atoms with Gasteiger partial charge in [0.1, 0.15) is 29.6 Å². The van der Waals surface area contributed by atoms with E-state index in [0.29, 0.717) is 18.1 Å². The van der Waals surface area contributed by atoms with Crippen LogP contribution in [0.2, 0.25) is 0 Å². The number of rotatable bonds is 9. The van der Waals surface area contributed by atoms with Gasteiger partial charge in [0.25, 0.3) is 5.69 Å². The van der Waals surface area contributed by atoms with Crippen molar-refractivity contribution in [1.29, 1.82) is 0 Å². The molecule has 0 saturated carbocycles. The third-order valence-corrected chi connectivity index (χ3v) is 4.65. The lowest BCUT2D eigenvalue weighted by molar-refractivity contribution is -0.387. The Morgan fingerprint density at radius 1 is 1.04 bits per heavy atom. The first-order chi connectivity index (χ1) is 13.2. The highest BCUT2D eigenvalue weighted by Crippen LogP contribution is 2.25. The molecule has 0 spiro atoms. The molecule has 0 unspecified atom stereocenters. The normalized spacial score (nSPS) is 10.9. The summed E-state index contributed by atoms with van der Waals surface area (Å²) in [6, 6.07) is 9.96. The topological polar surface area (TPSA) is 122 Å². The first-order valence-electron chi connectivity index (χ1n) is 8.23. The molecule has 0 aliphatic rings. The fourth-order valence-corrected chi connectivity index (χ4v) is 3.11. The van der Waals surface area contributed by atoms with Crippen LogP contribution in [0.1, 0.15) is 17.3 Å². The maximum absolute atomic E-state index is 12.0. The number of hydrogen-bond acceptors (Lipinski definition) is 8. The van der Waals surface area contributed by atoms with Crippen LogP contribution in [0.4, 0.5) is 5.69 Å². The van der Waals surface area contributed by atoms with Gasteiger partial charge >= 0.3 is 5.97 Å². The lowest BCUT2D eigenvalue weighted by Crippen LogP contribution is -2.13. The monoisotopic (exact) mass is 409 g/mol. The molecule has 0 aromatic heterocycles. The molecule has 0 saturated heterocycles. The molecule has 0 radical (unpaired) electrons. The minimum Gasteiger partial charge on any atom is -0.494 e. The van der Waals surface area contributed by atoms with Crippen molar-refractivity contribution < 1.29 is 32.3 Å². The molecule has 2 aromatic carbocycles. The van der Waals surface area contributed by atoms with Gasteiger partial charge in [-0.25, -0.2) is 13.2 Å². The molecule has 0 amide bonds. The van der Waals surface area contributed by atoms with Gasteiger partial charge in [-0.15, -0.1) is 0 Å². The van der Waals surface area contributed by atoms with Crippen LogP contribution >= 0.6 is 0 Å². The molecule has 0 atom stereocenters. The number of sulfone groups is 1. The van der Waals surface area contributed by atoms with Crippen molar-refractivity contribution in [1.82, 2.24) is 0 Å². The summed E-state index contributed by atoms with van der Waals surface area (Å²) >= 11 is 0. The first-order valence-corrected chi connectivity index (χ1v) is 10.1. The van der Waals surface area contributed by atoms with Crippen molar-refractivity contribution in [2.45, 2.75) is 11.8 Å². The minimum absolute atomic E-state index is 0.0727. The van der Waals surface area contributed by atoms with E-state index in [1.807, 2.05) is 6.92 Å². The van der Waals surface area contributed by atoms with Crippen LogP contribution in [-0.2, 0) is 14.6 Å². The highest BCUT2D eigenvalue weighted by molar-refractivity contribution is 7.90. The van der Waals surface area contributed by atoms with E-state index in [1.54, 1.807) is 24.3 Å². The Labute approximate surface area is 161 Å². The molecule has 0 heterocycles. The van der Waals surface area contributed by atoms with E-state index in [-0.39, 0.29) is 18.8 Å². The number of ether oxygens (including phenoxy) is 3. The summed E-state index contributed by atoms with van der Waals surface area (Å²) < 4.78 is 38.9. The summed E-state index contributed by atoms with van der Waals surface area (Å²) in [5.41, 5.74) is -0.803. The van der Waals surface area contributed by atoms with Crippen molar-refractivity contribution >= 4 is 21.5 Å². The molecule has 0 N–H and O–H groups in total. The van der Waals surface area contributed by atoms with Gasteiger partial charge in [0.15, 0.2) is 9.84 Å². The van der Waals surface area contributed by atoms with E-state index in [2.05, 4.69) is 0 Å². The molecular weight excluding hydrogens is 390 g/mol. The van der Waals surface area contributed by atoms with Gasteiger partial charge in [0.2, 0.25) is 0 Å². The predicted molar refractivity (Wildman–Crippen MR) is 99.6 cm³/mol. The summed E-state index contributed by atoms with van der Waals surface area (Å²) in [5.74, 6) is 0.450. The predicted octanol–water partition coefficient (Wildman–Crippen LogP) is 2.63. The number of nitrogens with zero attached hydrogens (tertiary/aromatic N) is 1. The van der Waals surface area contributed by atoms with Gasteiger partial charge < -0.3 is 14.2 Å². The zero-order chi connectivity index (χ0) is 20.7. The van der Waals surface area contributed by atoms with Crippen LogP contribution in [0.25, 0.3) is 0 Å². The van der Waals surface area contributed by atoms with E-state index in [4.69, 9.17) is 14.2 Å². The Bertz CT molecular complexity index is 954. The van der Waals surface area contributed by atoms with E-state index in [9.17, 15) is 23.3 Å². The second-order valence-corrected chi connectivity index (χ2v) is 7.58. The van der Waals surface area contributed by atoms with Crippen molar-refractivity contribution in [3.8, 4) is 11.5 Å². The molecule has 0 aliphatic heterocycles. The fraction of sp³-hybridized carbons (Fsp3) is 0.278. The molecule has 28 heavy (non-hydrogen) atoms. The lowest BCUT2D eigenvalue weighted by Gasteiger charge is -2.09. The van der Waals surface area contributed by atoms with Crippen LogP contribution in [0.15, 0.2) is 47.4 Å². The summed E-state index contributed by atoms with van der Waals surface area (Å²) in [5, 5.41) is 11.1. The Balaban J connectivity index is 1.94. The molecular formula is C18H19NO8S. The lowest BCUT2D eigenvalue weighted by atomic mass is 10.2. The highest BCUT2D eigenvalue weighted by atomic mass is 32.2. The first kappa shape index (κ1) is 21.2. The average molecular weight is 409 g/mol. The van der Waals surface area contributed by atoms with Crippen LogP contribution < -0.4 is 9.47 Å².